The summed E-state index contributed by atoms with van der Waals surface area (Å²) >= 11 is 0. The van der Waals surface area contributed by atoms with Crippen molar-refractivity contribution in [2.45, 2.75) is 15.8 Å². The first-order valence-electron chi connectivity index (χ1n) is 11.8. The molecule has 12 heteroatoms. The average molecular weight is 556 g/mol. The average Bonchev–Trinajstić information content (AvgIpc) is 2.94. The maximum absolute atomic E-state index is 13.4. The van der Waals surface area contributed by atoms with Gasteiger partial charge in [-0.2, -0.15) is 13.7 Å². The number of rotatable bonds is 8. The third kappa shape index (κ3) is 5.94. The van der Waals surface area contributed by atoms with Crippen LogP contribution in [0.4, 0.5) is 5.69 Å². The lowest BCUT2D eigenvalue weighted by Gasteiger charge is -2.38. The highest BCUT2D eigenvalue weighted by atomic mass is 32.2. The molecular formula is C26H29N5O5S2. The standard InChI is InChI=1S/C26H29N5O5S2/c1-29(2)22-15-13-21(14-16-22)19-27-28-26(32)25-20-30(37(33,34)23-9-5-3-6-10-23)17-18-31(25)38(35,36)24-11-7-4-8-12-24/h3-16,19,25H,17-18,20H2,1-2H3,(H,28,32)/b27-19-/t25-/m1/s1. The number of nitrogens with zero attached hydrogens (tertiary/aromatic N) is 4. The Balaban J connectivity index is 1.59. The van der Waals surface area contributed by atoms with E-state index in [-0.39, 0.29) is 29.4 Å². The molecule has 10 nitrogen and oxygen atoms in total. The predicted molar refractivity (Wildman–Crippen MR) is 146 cm³/mol. The van der Waals surface area contributed by atoms with Crippen LogP contribution in [0.2, 0.25) is 0 Å². The largest absolute Gasteiger partial charge is 0.378 e. The van der Waals surface area contributed by atoms with E-state index in [1.54, 1.807) is 36.4 Å². The number of sulfonamides is 2. The summed E-state index contributed by atoms with van der Waals surface area (Å²) in [5, 5.41) is 4.00. The van der Waals surface area contributed by atoms with Crippen molar-refractivity contribution in [1.29, 1.82) is 0 Å². The maximum atomic E-state index is 13.4. The highest BCUT2D eigenvalue weighted by Gasteiger charge is 2.43. The van der Waals surface area contributed by atoms with Gasteiger partial charge in [-0.3, -0.25) is 4.79 Å². The summed E-state index contributed by atoms with van der Waals surface area (Å²) in [6, 6.07) is 21.7. The topological polar surface area (TPSA) is 119 Å². The molecule has 0 unspecified atom stereocenters. The van der Waals surface area contributed by atoms with Crippen molar-refractivity contribution in [3.63, 3.8) is 0 Å². The molecule has 1 aliphatic heterocycles. The molecule has 1 aliphatic rings. The fraction of sp³-hybridized carbons (Fsp3) is 0.231. The van der Waals surface area contributed by atoms with Crippen molar-refractivity contribution in [3.8, 4) is 0 Å². The van der Waals surface area contributed by atoms with Crippen LogP contribution in [0.3, 0.4) is 0 Å². The number of hydrogen-bond donors (Lipinski definition) is 1. The van der Waals surface area contributed by atoms with Gasteiger partial charge in [0.1, 0.15) is 6.04 Å². The number of anilines is 1. The van der Waals surface area contributed by atoms with Gasteiger partial charge in [-0.15, -0.1) is 0 Å². The van der Waals surface area contributed by atoms with Crippen LogP contribution in [0.25, 0.3) is 0 Å². The lowest BCUT2D eigenvalue weighted by molar-refractivity contribution is -0.125. The molecule has 0 aliphatic carbocycles. The molecule has 0 spiro atoms. The molecule has 1 amide bonds. The van der Waals surface area contributed by atoms with E-state index in [9.17, 15) is 21.6 Å². The van der Waals surface area contributed by atoms with Gasteiger partial charge in [0.25, 0.3) is 5.91 Å². The zero-order valence-corrected chi connectivity index (χ0v) is 22.6. The number of amides is 1. The van der Waals surface area contributed by atoms with Crippen LogP contribution in [0.15, 0.2) is 99.8 Å². The van der Waals surface area contributed by atoms with E-state index in [1.165, 1.54) is 30.5 Å². The van der Waals surface area contributed by atoms with Crippen molar-refractivity contribution in [2.75, 3.05) is 38.6 Å². The molecule has 200 valence electrons. The number of piperazine rings is 1. The van der Waals surface area contributed by atoms with Crippen LogP contribution in [0.1, 0.15) is 5.56 Å². The number of hydrazone groups is 1. The van der Waals surface area contributed by atoms with Gasteiger partial charge in [0.15, 0.2) is 0 Å². The summed E-state index contributed by atoms with van der Waals surface area (Å²) in [5.74, 6) is -0.737. The van der Waals surface area contributed by atoms with Crippen molar-refractivity contribution in [3.05, 3.63) is 90.5 Å². The van der Waals surface area contributed by atoms with E-state index in [4.69, 9.17) is 0 Å². The Morgan fingerprint density at radius 3 is 1.95 bits per heavy atom. The molecule has 1 atom stereocenters. The Labute approximate surface area is 223 Å². The van der Waals surface area contributed by atoms with E-state index < -0.39 is 32.0 Å². The number of nitrogens with one attached hydrogen (secondary N) is 1. The Morgan fingerprint density at radius 2 is 1.39 bits per heavy atom. The van der Waals surface area contributed by atoms with E-state index in [0.29, 0.717) is 0 Å². The van der Waals surface area contributed by atoms with Gasteiger partial charge < -0.3 is 4.90 Å². The van der Waals surface area contributed by atoms with Crippen molar-refractivity contribution in [2.24, 2.45) is 5.10 Å². The van der Waals surface area contributed by atoms with Crippen LogP contribution in [0.5, 0.6) is 0 Å². The minimum Gasteiger partial charge on any atom is -0.378 e. The Kier molecular flexibility index (Phi) is 8.26. The fourth-order valence-corrected chi connectivity index (χ4v) is 7.08. The van der Waals surface area contributed by atoms with Gasteiger partial charge in [0.2, 0.25) is 20.0 Å². The molecule has 0 aromatic heterocycles. The second kappa shape index (κ2) is 11.4. The number of carbonyl (C=O) groups excluding carboxylic acids is 1. The molecular weight excluding hydrogens is 526 g/mol. The highest BCUT2D eigenvalue weighted by Crippen LogP contribution is 2.25. The molecule has 1 fully saturated rings. The van der Waals surface area contributed by atoms with Crippen LogP contribution < -0.4 is 10.3 Å². The maximum Gasteiger partial charge on any atom is 0.259 e. The lowest BCUT2D eigenvalue weighted by atomic mass is 10.2. The Morgan fingerprint density at radius 1 is 0.842 bits per heavy atom. The summed E-state index contributed by atoms with van der Waals surface area (Å²) in [6.07, 6.45) is 1.44. The van der Waals surface area contributed by atoms with Gasteiger partial charge in [-0.1, -0.05) is 48.5 Å². The third-order valence-corrected chi connectivity index (χ3v) is 9.93. The van der Waals surface area contributed by atoms with Gasteiger partial charge in [0, 0.05) is 39.4 Å². The second-order valence-corrected chi connectivity index (χ2v) is 12.7. The number of hydrogen-bond acceptors (Lipinski definition) is 7. The lowest BCUT2D eigenvalue weighted by Crippen LogP contribution is -2.60. The quantitative estimate of drug-likeness (QED) is 0.335. The van der Waals surface area contributed by atoms with E-state index in [2.05, 4.69) is 10.5 Å². The molecule has 1 heterocycles. The molecule has 38 heavy (non-hydrogen) atoms. The predicted octanol–water partition coefficient (Wildman–Crippen LogP) is 1.97. The second-order valence-electron chi connectivity index (χ2n) is 8.84. The molecule has 4 rings (SSSR count). The van der Waals surface area contributed by atoms with Crippen LogP contribution in [-0.2, 0) is 24.8 Å². The fourth-order valence-electron chi connectivity index (χ4n) is 4.03. The summed E-state index contributed by atoms with van der Waals surface area (Å²) in [5.41, 5.74) is 4.11. The third-order valence-electron chi connectivity index (χ3n) is 6.13. The summed E-state index contributed by atoms with van der Waals surface area (Å²) in [4.78, 5) is 15.3. The van der Waals surface area contributed by atoms with Gasteiger partial charge in [0.05, 0.1) is 16.0 Å². The van der Waals surface area contributed by atoms with Gasteiger partial charge in [-0.05, 0) is 42.0 Å². The van der Waals surface area contributed by atoms with Crippen LogP contribution in [-0.4, -0.2) is 77.3 Å². The molecule has 3 aromatic rings. The van der Waals surface area contributed by atoms with E-state index >= 15 is 0 Å². The van der Waals surface area contributed by atoms with E-state index in [0.717, 1.165) is 19.9 Å². The minimum atomic E-state index is -4.09. The SMILES string of the molecule is CN(C)c1ccc(/C=N\NC(=O)[C@H]2CN(S(=O)(=O)c3ccccc3)CCN2S(=O)(=O)c2ccccc2)cc1. The van der Waals surface area contributed by atoms with Crippen LogP contribution >= 0.6 is 0 Å². The first kappa shape index (κ1) is 27.5. The molecule has 0 bridgehead atoms. The first-order chi connectivity index (χ1) is 18.1. The molecule has 3 aromatic carbocycles. The minimum absolute atomic E-state index is 0.0154. The Bertz CT molecular complexity index is 1490. The van der Waals surface area contributed by atoms with E-state index in [1.807, 2.05) is 43.3 Å². The molecule has 0 saturated carbocycles. The van der Waals surface area contributed by atoms with Gasteiger partial charge >= 0.3 is 0 Å². The van der Waals surface area contributed by atoms with Crippen molar-refractivity contribution in [1.82, 2.24) is 14.0 Å². The smallest absolute Gasteiger partial charge is 0.259 e. The Hall–Kier alpha value is -3.58. The summed E-state index contributed by atoms with van der Waals surface area (Å²) in [7, 11) is -4.19. The zero-order chi connectivity index (χ0) is 27.3. The molecule has 0 radical (unpaired) electrons. The van der Waals surface area contributed by atoms with Crippen molar-refractivity contribution < 1.29 is 21.6 Å². The van der Waals surface area contributed by atoms with Crippen LogP contribution in [0, 0.1) is 0 Å². The number of carbonyl (C=O) groups is 1. The summed E-state index contributed by atoms with van der Waals surface area (Å²) < 4.78 is 55.6. The van der Waals surface area contributed by atoms with Crippen molar-refractivity contribution >= 4 is 37.9 Å². The normalized spacial score (nSPS) is 17.4. The first-order valence-corrected chi connectivity index (χ1v) is 14.7. The zero-order valence-electron chi connectivity index (χ0n) is 21.0. The van der Waals surface area contributed by atoms with Gasteiger partial charge in [-0.25, -0.2) is 22.3 Å². The molecule has 1 N–H and O–H groups in total. The highest BCUT2D eigenvalue weighted by molar-refractivity contribution is 7.89. The summed E-state index contributed by atoms with van der Waals surface area (Å²) in [6.45, 7) is -0.659. The molecule has 1 saturated heterocycles. The number of benzene rings is 3. The monoisotopic (exact) mass is 555 g/mol.